The van der Waals surface area contributed by atoms with Gasteiger partial charge in [-0.15, -0.1) is 0 Å². The Morgan fingerprint density at radius 3 is 2.14 bits per heavy atom. The maximum absolute atomic E-state index is 12.1. The van der Waals surface area contributed by atoms with Crippen molar-refractivity contribution in [1.82, 2.24) is 0 Å². The van der Waals surface area contributed by atoms with Gasteiger partial charge in [0.05, 0.1) is 32.7 Å². The van der Waals surface area contributed by atoms with Crippen LogP contribution in [0.5, 0.6) is 17.2 Å². The molecule has 116 valence electrons. The number of carbonyl (C=O) groups is 1. The summed E-state index contributed by atoms with van der Waals surface area (Å²) in [6, 6.07) is 11.9. The van der Waals surface area contributed by atoms with Crippen molar-refractivity contribution in [2.45, 2.75) is 0 Å². The number of hydrogen-bond acceptors (Lipinski definition) is 4. The highest BCUT2D eigenvalue weighted by atomic mass is 16.5. The summed E-state index contributed by atoms with van der Waals surface area (Å²) in [6.45, 7) is 0. The third-order valence-corrected chi connectivity index (χ3v) is 3.01. The largest absolute Gasteiger partial charge is 0.497 e. The van der Waals surface area contributed by atoms with E-state index in [2.05, 4.69) is 10.6 Å². The first-order chi connectivity index (χ1) is 10.7. The van der Waals surface area contributed by atoms with Crippen LogP contribution in [-0.4, -0.2) is 27.4 Å². The van der Waals surface area contributed by atoms with Gasteiger partial charge >= 0.3 is 6.03 Å². The van der Waals surface area contributed by atoms with E-state index in [1.165, 1.54) is 7.11 Å². The van der Waals surface area contributed by atoms with Gasteiger partial charge in [0.25, 0.3) is 0 Å². The van der Waals surface area contributed by atoms with E-state index in [1.807, 2.05) is 12.1 Å². The number of urea groups is 1. The minimum atomic E-state index is -0.406. The highest BCUT2D eigenvalue weighted by molar-refractivity contribution is 6.01. The lowest BCUT2D eigenvalue weighted by molar-refractivity contribution is 0.262. The Balaban J connectivity index is 2.15. The van der Waals surface area contributed by atoms with Crippen molar-refractivity contribution in [2.75, 3.05) is 32.0 Å². The molecule has 0 aliphatic rings. The molecular weight excluding hydrogens is 284 g/mol. The molecule has 0 fully saturated rings. The van der Waals surface area contributed by atoms with Gasteiger partial charge in [0.1, 0.15) is 17.2 Å². The van der Waals surface area contributed by atoms with Gasteiger partial charge in [-0.2, -0.15) is 0 Å². The SMILES string of the molecule is COc1ccc(OC)c(NC(=O)Nc2ccccc2OC)c1. The predicted octanol–water partition coefficient (Wildman–Crippen LogP) is 3.36. The van der Waals surface area contributed by atoms with Crippen LogP contribution in [-0.2, 0) is 0 Å². The third kappa shape index (κ3) is 3.60. The zero-order valence-electron chi connectivity index (χ0n) is 12.7. The summed E-state index contributed by atoms with van der Waals surface area (Å²) in [5.41, 5.74) is 1.08. The number of ether oxygens (including phenoxy) is 3. The van der Waals surface area contributed by atoms with Gasteiger partial charge in [-0.05, 0) is 24.3 Å². The average molecular weight is 302 g/mol. The van der Waals surface area contributed by atoms with Gasteiger partial charge in [-0.3, -0.25) is 0 Å². The van der Waals surface area contributed by atoms with E-state index < -0.39 is 6.03 Å². The zero-order chi connectivity index (χ0) is 15.9. The molecule has 0 saturated carbocycles. The fraction of sp³-hybridized carbons (Fsp3) is 0.188. The molecule has 0 heterocycles. The number of rotatable bonds is 5. The van der Waals surface area contributed by atoms with E-state index in [-0.39, 0.29) is 0 Å². The van der Waals surface area contributed by atoms with E-state index in [4.69, 9.17) is 14.2 Å². The number of para-hydroxylation sites is 2. The van der Waals surface area contributed by atoms with Gasteiger partial charge in [0, 0.05) is 6.07 Å². The normalized spacial score (nSPS) is 9.77. The fourth-order valence-electron chi connectivity index (χ4n) is 1.94. The first-order valence-electron chi connectivity index (χ1n) is 6.61. The smallest absolute Gasteiger partial charge is 0.323 e. The number of nitrogens with one attached hydrogen (secondary N) is 2. The topological polar surface area (TPSA) is 68.8 Å². The van der Waals surface area contributed by atoms with Crippen LogP contribution in [0, 0.1) is 0 Å². The van der Waals surface area contributed by atoms with Crippen molar-refractivity contribution >= 4 is 17.4 Å². The van der Waals surface area contributed by atoms with Crippen LogP contribution in [0.15, 0.2) is 42.5 Å². The fourth-order valence-corrected chi connectivity index (χ4v) is 1.94. The van der Waals surface area contributed by atoms with Crippen molar-refractivity contribution < 1.29 is 19.0 Å². The summed E-state index contributed by atoms with van der Waals surface area (Å²) in [5.74, 6) is 1.74. The van der Waals surface area contributed by atoms with E-state index in [9.17, 15) is 4.79 Å². The molecule has 2 rings (SSSR count). The zero-order valence-corrected chi connectivity index (χ0v) is 12.7. The van der Waals surface area contributed by atoms with Crippen LogP contribution in [0.4, 0.5) is 16.2 Å². The molecule has 22 heavy (non-hydrogen) atoms. The molecule has 0 atom stereocenters. The summed E-state index contributed by atoms with van der Waals surface area (Å²) in [6.07, 6.45) is 0. The minimum Gasteiger partial charge on any atom is -0.497 e. The number of anilines is 2. The van der Waals surface area contributed by atoms with Crippen LogP contribution in [0.3, 0.4) is 0 Å². The lowest BCUT2D eigenvalue weighted by Crippen LogP contribution is -2.20. The quantitative estimate of drug-likeness (QED) is 0.888. The summed E-state index contributed by atoms with van der Waals surface area (Å²) < 4.78 is 15.6. The van der Waals surface area contributed by atoms with E-state index in [1.54, 1.807) is 44.6 Å². The predicted molar refractivity (Wildman–Crippen MR) is 85.2 cm³/mol. The number of amides is 2. The van der Waals surface area contributed by atoms with Crippen molar-refractivity contribution in [3.8, 4) is 17.2 Å². The molecule has 0 bridgehead atoms. The van der Waals surface area contributed by atoms with Crippen molar-refractivity contribution in [3.63, 3.8) is 0 Å². The molecule has 2 amide bonds. The van der Waals surface area contributed by atoms with Gasteiger partial charge in [-0.1, -0.05) is 12.1 Å². The standard InChI is InChI=1S/C16H18N2O4/c1-20-11-8-9-15(22-3)13(10-11)18-16(19)17-12-6-4-5-7-14(12)21-2/h4-10H,1-3H3,(H2,17,18,19). The minimum absolute atomic E-state index is 0.406. The Bertz CT molecular complexity index is 658. The third-order valence-electron chi connectivity index (χ3n) is 3.01. The molecule has 0 spiro atoms. The van der Waals surface area contributed by atoms with Gasteiger partial charge in [-0.25, -0.2) is 4.79 Å². The van der Waals surface area contributed by atoms with Crippen LogP contribution in [0.2, 0.25) is 0 Å². The summed E-state index contributed by atoms with van der Waals surface area (Å²) in [4.78, 5) is 12.1. The van der Waals surface area contributed by atoms with Crippen molar-refractivity contribution in [3.05, 3.63) is 42.5 Å². The van der Waals surface area contributed by atoms with Crippen LogP contribution < -0.4 is 24.8 Å². The highest BCUT2D eigenvalue weighted by Crippen LogP contribution is 2.29. The summed E-state index contributed by atoms with van der Waals surface area (Å²) >= 11 is 0. The number of carbonyl (C=O) groups excluding carboxylic acids is 1. The second-order valence-corrected chi connectivity index (χ2v) is 4.35. The molecule has 0 saturated heterocycles. The lowest BCUT2D eigenvalue weighted by Gasteiger charge is -2.13. The molecule has 2 aromatic carbocycles. The lowest BCUT2D eigenvalue weighted by atomic mass is 10.2. The second kappa shape index (κ2) is 7.21. The van der Waals surface area contributed by atoms with Gasteiger partial charge in [0.2, 0.25) is 0 Å². The molecule has 2 N–H and O–H groups in total. The highest BCUT2D eigenvalue weighted by Gasteiger charge is 2.11. The molecule has 6 heteroatoms. The number of hydrogen-bond donors (Lipinski definition) is 2. The molecule has 2 aromatic rings. The Hall–Kier alpha value is -2.89. The second-order valence-electron chi connectivity index (χ2n) is 4.35. The number of benzene rings is 2. The van der Waals surface area contributed by atoms with E-state index >= 15 is 0 Å². The average Bonchev–Trinajstić information content (AvgIpc) is 2.55. The van der Waals surface area contributed by atoms with E-state index in [0.717, 1.165) is 0 Å². The first-order valence-corrected chi connectivity index (χ1v) is 6.61. The van der Waals surface area contributed by atoms with Gasteiger partial charge < -0.3 is 24.8 Å². The first kappa shape index (κ1) is 15.5. The molecular formula is C16H18N2O4. The van der Waals surface area contributed by atoms with Crippen molar-refractivity contribution in [1.29, 1.82) is 0 Å². The Morgan fingerprint density at radius 2 is 1.45 bits per heavy atom. The maximum atomic E-state index is 12.1. The Morgan fingerprint density at radius 1 is 0.818 bits per heavy atom. The summed E-state index contributed by atoms with van der Waals surface area (Å²) in [5, 5.41) is 5.45. The molecule has 0 aliphatic heterocycles. The molecule has 6 nitrogen and oxygen atoms in total. The monoisotopic (exact) mass is 302 g/mol. The van der Waals surface area contributed by atoms with E-state index in [0.29, 0.717) is 28.6 Å². The van der Waals surface area contributed by atoms with Crippen LogP contribution >= 0.6 is 0 Å². The summed E-state index contributed by atoms with van der Waals surface area (Å²) in [7, 11) is 4.63. The molecule has 0 unspecified atom stereocenters. The molecule has 0 radical (unpaired) electrons. The maximum Gasteiger partial charge on any atom is 0.323 e. The Labute approximate surface area is 129 Å². The van der Waals surface area contributed by atoms with Crippen LogP contribution in [0.1, 0.15) is 0 Å². The van der Waals surface area contributed by atoms with Crippen LogP contribution in [0.25, 0.3) is 0 Å². The molecule has 0 aromatic heterocycles. The van der Waals surface area contributed by atoms with Gasteiger partial charge in [0.15, 0.2) is 0 Å². The Kier molecular flexibility index (Phi) is 5.08. The molecule has 0 aliphatic carbocycles. The van der Waals surface area contributed by atoms with Crippen molar-refractivity contribution in [2.24, 2.45) is 0 Å². The number of methoxy groups -OCH3 is 3.